The molecule has 0 aliphatic rings. The molecule has 146 valence electrons. The van der Waals surface area contributed by atoms with Gasteiger partial charge in [-0.05, 0) is 23.3 Å². The van der Waals surface area contributed by atoms with E-state index in [1.165, 1.54) is 22.2 Å². The van der Waals surface area contributed by atoms with Crippen LogP contribution in [0.1, 0.15) is 5.56 Å². The fourth-order valence-corrected chi connectivity index (χ4v) is 4.21. The van der Waals surface area contributed by atoms with Crippen LogP contribution in [0.3, 0.4) is 0 Å². The van der Waals surface area contributed by atoms with Crippen molar-refractivity contribution in [3.63, 3.8) is 0 Å². The Morgan fingerprint density at radius 1 is 1.10 bits per heavy atom. The first kappa shape index (κ1) is 19.5. The lowest BCUT2D eigenvalue weighted by molar-refractivity contribution is -0.144. The van der Waals surface area contributed by atoms with Crippen LogP contribution >= 0.6 is 27.3 Å². The monoisotopic (exact) mass is 468 g/mol. The minimum Gasteiger partial charge on any atom is -0.464 e. The number of ether oxygens (including phenoxy) is 1. The molecular weight excluding hydrogens is 452 g/mol. The summed E-state index contributed by atoms with van der Waals surface area (Å²) in [5.74, 6) is -0.454. The summed E-state index contributed by atoms with van der Waals surface area (Å²) >= 11 is 4.83. The average Bonchev–Trinajstić information content (AvgIpc) is 3.16. The number of carbonyl (C=O) groups excluding carboxylic acids is 1. The Kier molecular flexibility index (Phi) is 5.87. The Hall–Kier alpha value is -2.77. The lowest BCUT2D eigenvalue weighted by Crippen LogP contribution is -2.26. The zero-order valence-corrected chi connectivity index (χ0v) is 17.8. The van der Waals surface area contributed by atoms with E-state index in [0.29, 0.717) is 16.6 Å². The summed E-state index contributed by atoms with van der Waals surface area (Å²) in [5, 5.41) is 2.45. The van der Waals surface area contributed by atoms with Gasteiger partial charge in [0.1, 0.15) is 11.4 Å². The van der Waals surface area contributed by atoms with E-state index in [-0.39, 0.29) is 18.7 Å². The van der Waals surface area contributed by atoms with Gasteiger partial charge in [-0.1, -0.05) is 58.4 Å². The van der Waals surface area contributed by atoms with Crippen LogP contribution in [0.5, 0.6) is 0 Å². The highest BCUT2D eigenvalue weighted by Crippen LogP contribution is 2.31. The van der Waals surface area contributed by atoms with Crippen molar-refractivity contribution in [1.82, 2.24) is 9.55 Å². The van der Waals surface area contributed by atoms with Crippen LogP contribution in [0.4, 0.5) is 0 Å². The van der Waals surface area contributed by atoms with Gasteiger partial charge in [-0.3, -0.25) is 14.2 Å². The van der Waals surface area contributed by atoms with Crippen molar-refractivity contribution >= 4 is 43.5 Å². The normalized spacial score (nSPS) is 10.9. The minimum atomic E-state index is -0.454. The predicted octanol–water partition coefficient (Wildman–Crippen LogP) is 4.67. The second-order valence-electron chi connectivity index (χ2n) is 6.47. The van der Waals surface area contributed by atoms with E-state index >= 15 is 0 Å². The standard InChI is InChI=1S/C22H17BrN2O3S/c23-17-8-6-16(7-9-17)18-13-29-21-20(18)22(27)25(14-24-21)12-19(26)28-11-10-15-4-2-1-3-5-15/h1-9,13-14H,10-12H2. The molecule has 0 fully saturated rings. The number of nitrogens with zero attached hydrogens (tertiary/aromatic N) is 2. The molecule has 0 radical (unpaired) electrons. The Balaban J connectivity index is 1.51. The summed E-state index contributed by atoms with van der Waals surface area (Å²) in [4.78, 5) is 30.2. The SMILES string of the molecule is O=C(Cn1cnc2scc(-c3ccc(Br)cc3)c2c1=O)OCCc1ccccc1. The van der Waals surface area contributed by atoms with Crippen molar-refractivity contribution in [2.75, 3.05) is 6.61 Å². The Morgan fingerprint density at radius 3 is 2.62 bits per heavy atom. The fourth-order valence-electron chi connectivity index (χ4n) is 3.03. The van der Waals surface area contributed by atoms with E-state index in [9.17, 15) is 9.59 Å². The summed E-state index contributed by atoms with van der Waals surface area (Å²) in [6.45, 7) is 0.113. The van der Waals surface area contributed by atoms with Gasteiger partial charge in [-0.2, -0.15) is 0 Å². The van der Waals surface area contributed by atoms with Gasteiger partial charge in [0.2, 0.25) is 0 Å². The topological polar surface area (TPSA) is 61.2 Å². The molecule has 0 unspecified atom stereocenters. The Morgan fingerprint density at radius 2 is 1.86 bits per heavy atom. The molecule has 0 spiro atoms. The van der Waals surface area contributed by atoms with Crippen LogP contribution in [0.2, 0.25) is 0 Å². The number of hydrogen-bond acceptors (Lipinski definition) is 5. The van der Waals surface area contributed by atoms with Crippen LogP contribution in [-0.4, -0.2) is 22.1 Å². The number of rotatable bonds is 6. The first-order valence-corrected chi connectivity index (χ1v) is 10.7. The van der Waals surface area contributed by atoms with Gasteiger partial charge < -0.3 is 4.74 Å². The third-order valence-electron chi connectivity index (χ3n) is 4.51. The fraction of sp³-hybridized carbons (Fsp3) is 0.136. The highest BCUT2D eigenvalue weighted by Gasteiger charge is 2.15. The molecule has 0 atom stereocenters. The second kappa shape index (κ2) is 8.71. The number of halogens is 1. The molecule has 2 aromatic carbocycles. The molecule has 4 aromatic rings. The summed E-state index contributed by atoms with van der Waals surface area (Å²) < 4.78 is 7.57. The molecule has 0 N–H and O–H groups in total. The second-order valence-corrected chi connectivity index (χ2v) is 8.24. The van der Waals surface area contributed by atoms with E-state index < -0.39 is 5.97 Å². The van der Waals surface area contributed by atoms with Crippen LogP contribution in [0, 0.1) is 0 Å². The van der Waals surface area contributed by atoms with Crippen LogP contribution in [-0.2, 0) is 22.5 Å². The van der Waals surface area contributed by atoms with E-state index in [2.05, 4.69) is 20.9 Å². The maximum Gasteiger partial charge on any atom is 0.326 e. The van der Waals surface area contributed by atoms with E-state index in [4.69, 9.17) is 4.74 Å². The highest BCUT2D eigenvalue weighted by atomic mass is 79.9. The van der Waals surface area contributed by atoms with Gasteiger partial charge in [-0.25, -0.2) is 4.98 Å². The maximum absolute atomic E-state index is 13.0. The van der Waals surface area contributed by atoms with Crippen molar-refractivity contribution in [2.24, 2.45) is 0 Å². The van der Waals surface area contributed by atoms with Gasteiger partial charge in [0.25, 0.3) is 5.56 Å². The van der Waals surface area contributed by atoms with Gasteiger partial charge in [0.15, 0.2) is 0 Å². The molecule has 0 saturated carbocycles. The smallest absolute Gasteiger partial charge is 0.326 e. The summed E-state index contributed by atoms with van der Waals surface area (Å²) in [6.07, 6.45) is 2.04. The third kappa shape index (κ3) is 4.46. The first-order valence-electron chi connectivity index (χ1n) is 9.04. The zero-order chi connectivity index (χ0) is 20.2. The summed E-state index contributed by atoms with van der Waals surface area (Å²) in [7, 11) is 0. The quantitative estimate of drug-likeness (QED) is 0.385. The van der Waals surface area contributed by atoms with Gasteiger partial charge in [0, 0.05) is 21.8 Å². The van der Waals surface area contributed by atoms with Crippen molar-refractivity contribution in [1.29, 1.82) is 0 Å². The molecule has 7 heteroatoms. The molecule has 4 rings (SSSR count). The zero-order valence-electron chi connectivity index (χ0n) is 15.4. The van der Waals surface area contributed by atoms with E-state index in [1.54, 1.807) is 0 Å². The Labute approximate surface area is 179 Å². The van der Waals surface area contributed by atoms with Crippen LogP contribution in [0.15, 0.2) is 75.6 Å². The number of esters is 1. The molecule has 0 saturated heterocycles. The number of carbonyl (C=O) groups is 1. The molecule has 5 nitrogen and oxygen atoms in total. The van der Waals surface area contributed by atoms with Crippen molar-refractivity contribution < 1.29 is 9.53 Å². The number of hydrogen-bond donors (Lipinski definition) is 0. The molecule has 2 aromatic heterocycles. The number of thiophene rings is 1. The Bertz CT molecular complexity index is 1200. The van der Waals surface area contributed by atoms with E-state index in [0.717, 1.165) is 21.2 Å². The first-order chi connectivity index (χ1) is 14.1. The third-order valence-corrected chi connectivity index (χ3v) is 5.93. The average molecular weight is 469 g/mol. The van der Waals surface area contributed by atoms with Gasteiger partial charge >= 0.3 is 5.97 Å². The number of aromatic nitrogens is 2. The molecule has 0 aliphatic carbocycles. The molecule has 2 heterocycles. The molecule has 0 amide bonds. The molecule has 0 bridgehead atoms. The highest BCUT2D eigenvalue weighted by molar-refractivity contribution is 9.10. The summed E-state index contributed by atoms with van der Waals surface area (Å²) in [6, 6.07) is 17.5. The van der Waals surface area contributed by atoms with Gasteiger partial charge in [-0.15, -0.1) is 11.3 Å². The van der Waals surface area contributed by atoms with Crippen molar-refractivity contribution in [2.45, 2.75) is 13.0 Å². The number of benzene rings is 2. The van der Waals surface area contributed by atoms with Crippen molar-refractivity contribution in [3.8, 4) is 11.1 Å². The largest absolute Gasteiger partial charge is 0.464 e. The molecule has 0 aliphatic heterocycles. The lowest BCUT2D eigenvalue weighted by Gasteiger charge is -2.07. The van der Waals surface area contributed by atoms with E-state index in [1.807, 2.05) is 60.0 Å². The number of fused-ring (bicyclic) bond motifs is 1. The molecular formula is C22H17BrN2O3S. The van der Waals surface area contributed by atoms with Crippen LogP contribution in [0.25, 0.3) is 21.3 Å². The predicted molar refractivity (Wildman–Crippen MR) is 118 cm³/mol. The van der Waals surface area contributed by atoms with Crippen molar-refractivity contribution in [3.05, 3.63) is 86.7 Å². The molecule has 29 heavy (non-hydrogen) atoms. The maximum atomic E-state index is 13.0. The summed E-state index contributed by atoms with van der Waals surface area (Å²) in [5.41, 5.74) is 2.61. The van der Waals surface area contributed by atoms with Crippen LogP contribution < -0.4 is 5.56 Å². The minimum absolute atomic E-state index is 0.161. The lowest BCUT2D eigenvalue weighted by atomic mass is 10.1. The van der Waals surface area contributed by atoms with Gasteiger partial charge in [0.05, 0.1) is 18.3 Å².